The van der Waals surface area contributed by atoms with E-state index in [0.29, 0.717) is 5.92 Å². The summed E-state index contributed by atoms with van der Waals surface area (Å²) in [6, 6.07) is 0. The maximum atomic E-state index is 4.31. The third-order valence-electron chi connectivity index (χ3n) is 1.37. The van der Waals surface area contributed by atoms with E-state index in [4.69, 9.17) is 0 Å². The lowest BCUT2D eigenvalue weighted by Crippen LogP contribution is -1.94. The zero-order valence-corrected chi connectivity index (χ0v) is 6.63. The van der Waals surface area contributed by atoms with Crippen molar-refractivity contribution in [3.05, 3.63) is 23.8 Å². The molecule has 1 aromatic rings. The summed E-state index contributed by atoms with van der Waals surface area (Å²) in [7, 11) is 0. The maximum Gasteiger partial charge on any atom is 0.0615 e. The molecule has 0 aliphatic heterocycles. The van der Waals surface area contributed by atoms with Crippen molar-refractivity contribution in [3.63, 3.8) is 0 Å². The van der Waals surface area contributed by atoms with Gasteiger partial charge in [-0.25, -0.2) is 0 Å². The first-order valence-electron chi connectivity index (χ1n) is 3.48. The van der Waals surface area contributed by atoms with E-state index in [2.05, 4.69) is 23.8 Å². The molecule has 54 valence electrons. The van der Waals surface area contributed by atoms with Crippen molar-refractivity contribution >= 4 is 0 Å². The average Bonchev–Trinajstić information content (AvgIpc) is 1.88. The van der Waals surface area contributed by atoms with Crippen LogP contribution in [0.4, 0.5) is 0 Å². The molecule has 0 amide bonds. The van der Waals surface area contributed by atoms with E-state index in [-0.39, 0.29) is 0 Å². The molecular formula is C8H12N2. The van der Waals surface area contributed by atoms with Crippen molar-refractivity contribution in [1.29, 1.82) is 0 Å². The Hall–Kier alpha value is -0.920. The van der Waals surface area contributed by atoms with Crippen molar-refractivity contribution in [2.24, 2.45) is 0 Å². The molecule has 0 N–H and O–H groups in total. The van der Waals surface area contributed by atoms with Crippen molar-refractivity contribution in [2.75, 3.05) is 0 Å². The fraction of sp³-hybridized carbons (Fsp3) is 0.500. The predicted molar refractivity (Wildman–Crippen MR) is 40.9 cm³/mol. The average molecular weight is 136 g/mol. The van der Waals surface area contributed by atoms with Crippen LogP contribution in [0.15, 0.2) is 12.4 Å². The van der Waals surface area contributed by atoms with Gasteiger partial charge in [-0.05, 0) is 12.8 Å². The van der Waals surface area contributed by atoms with Gasteiger partial charge in [-0.15, -0.1) is 0 Å². The van der Waals surface area contributed by atoms with Gasteiger partial charge in [0, 0.05) is 12.4 Å². The van der Waals surface area contributed by atoms with E-state index >= 15 is 0 Å². The first-order chi connectivity index (χ1) is 4.70. The molecular weight excluding hydrogens is 124 g/mol. The Morgan fingerprint density at radius 3 is 2.40 bits per heavy atom. The first kappa shape index (κ1) is 7.19. The Morgan fingerprint density at radius 2 is 2.00 bits per heavy atom. The van der Waals surface area contributed by atoms with Crippen molar-refractivity contribution in [2.45, 2.75) is 26.7 Å². The molecule has 2 nitrogen and oxygen atoms in total. The van der Waals surface area contributed by atoms with E-state index in [1.165, 1.54) is 0 Å². The van der Waals surface area contributed by atoms with Gasteiger partial charge in [-0.2, -0.15) is 0 Å². The predicted octanol–water partition coefficient (Wildman–Crippen LogP) is 1.91. The molecule has 0 fully saturated rings. The molecule has 0 aliphatic carbocycles. The summed E-state index contributed by atoms with van der Waals surface area (Å²) in [6.45, 7) is 6.19. The molecule has 2 heteroatoms. The second-order valence-electron chi connectivity index (χ2n) is 2.74. The molecule has 1 heterocycles. The Bertz CT molecular complexity index is 218. The minimum Gasteiger partial charge on any atom is -0.261 e. The molecule has 0 atom stereocenters. The molecule has 0 spiro atoms. The summed E-state index contributed by atoms with van der Waals surface area (Å²) in [4.78, 5) is 8.35. The van der Waals surface area contributed by atoms with Gasteiger partial charge >= 0.3 is 0 Å². The molecule has 1 aromatic heterocycles. The Morgan fingerprint density at radius 1 is 1.30 bits per heavy atom. The molecule has 0 bridgehead atoms. The number of aromatic nitrogens is 2. The van der Waals surface area contributed by atoms with Gasteiger partial charge in [0.25, 0.3) is 0 Å². The van der Waals surface area contributed by atoms with Gasteiger partial charge < -0.3 is 0 Å². The standard InChI is InChI=1S/C8H12N2/c1-6(2)8-5-9-4-7(3)10-8/h4-6H,1-3H3. The minimum absolute atomic E-state index is 0.479. The quantitative estimate of drug-likeness (QED) is 0.589. The Kier molecular flexibility index (Phi) is 2.00. The van der Waals surface area contributed by atoms with Crippen molar-refractivity contribution in [1.82, 2.24) is 9.97 Å². The van der Waals surface area contributed by atoms with Crippen LogP contribution < -0.4 is 0 Å². The van der Waals surface area contributed by atoms with Crippen molar-refractivity contribution < 1.29 is 0 Å². The Labute approximate surface area is 61.3 Å². The number of hydrogen-bond acceptors (Lipinski definition) is 2. The van der Waals surface area contributed by atoms with Gasteiger partial charge in [0.1, 0.15) is 0 Å². The highest BCUT2D eigenvalue weighted by Gasteiger charge is 1.99. The van der Waals surface area contributed by atoms with Crippen LogP contribution in [0.1, 0.15) is 31.2 Å². The summed E-state index contributed by atoms with van der Waals surface area (Å²) in [6.07, 6.45) is 3.59. The second-order valence-corrected chi connectivity index (χ2v) is 2.74. The summed E-state index contributed by atoms with van der Waals surface area (Å²) in [5, 5.41) is 0. The fourth-order valence-electron chi connectivity index (χ4n) is 0.761. The maximum absolute atomic E-state index is 4.31. The van der Waals surface area contributed by atoms with Crippen LogP contribution in [0, 0.1) is 6.92 Å². The van der Waals surface area contributed by atoms with Crippen molar-refractivity contribution in [3.8, 4) is 0 Å². The molecule has 0 saturated heterocycles. The van der Waals surface area contributed by atoms with Crippen LogP contribution in [0.3, 0.4) is 0 Å². The molecule has 0 unspecified atom stereocenters. The molecule has 10 heavy (non-hydrogen) atoms. The van der Waals surface area contributed by atoms with Crippen LogP contribution in [0.25, 0.3) is 0 Å². The first-order valence-corrected chi connectivity index (χ1v) is 3.48. The second kappa shape index (κ2) is 2.78. The lowest BCUT2D eigenvalue weighted by atomic mass is 10.1. The van der Waals surface area contributed by atoms with E-state index in [0.717, 1.165) is 11.4 Å². The van der Waals surface area contributed by atoms with Gasteiger partial charge in [0.15, 0.2) is 0 Å². The summed E-state index contributed by atoms with van der Waals surface area (Å²) >= 11 is 0. The molecule has 0 radical (unpaired) electrons. The van der Waals surface area contributed by atoms with Crippen LogP contribution in [-0.2, 0) is 0 Å². The number of aryl methyl sites for hydroxylation is 1. The molecule has 0 saturated carbocycles. The molecule has 0 aliphatic rings. The smallest absolute Gasteiger partial charge is 0.0615 e. The van der Waals surface area contributed by atoms with E-state index in [1.807, 2.05) is 13.1 Å². The minimum atomic E-state index is 0.479. The van der Waals surface area contributed by atoms with Crippen LogP contribution in [-0.4, -0.2) is 9.97 Å². The monoisotopic (exact) mass is 136 g/mol. The summed E-state index contributed by atoms with van der Waals surface area (Å²) in [5.41, 5.74) is 2.06. The number of nitrogens with zero attached hydrogens (tertiary/aromatic N) is 2. The largest absolute Gasteiger partial charge is 0.261 e. The number of rotatable bonds is 1. The van der Waals surface area contributed by atoms with E-state index < -0.39 is 0 Å². The lowest BCUT2D eigenvalue weighted by Gasteiger charge is -2.02. The third kappa shape index (κ3) is 1.53. The summed E-state index contributed by atoms with van der Waals surface area (Å²) in [5.74, 6) is 0.479. The van der Waals surface area contributed by atoms with Crippen LogP contribution in [0.5, 0.6) is 0 Å². The van der Waals surface area contributed by atoms with E-state index in [1.54, 1.807) is 6.20 Å². The SMILES string of the molecule is Cc1cncc(C(C)C)n1. The molecule has 0 aromatic carbocycles. The lowest BCUT2D eigenvalue weighted by molar-refractivity contribution is 0.803. The van der Waals surface area contributed by atoms with Gasteiger partial charge in [0.2, 0.25) is 0 Å². The summed E-state index contributed by atoms with van der Waals surface area (Å²) < 4.78 is 0. The highest BCUT2D eigenvalue weighted by atomic mass is 14.8. The van der Waals surface area contributed by atoms with Crippen LogP contribution >= 0.6 is 0 Å². The fourth-order valence-corrected chi connectivity index (χ4v) is 0.761. The van der Waals surface area contributed by atoms with E-state index in [9.17, 15) is 0 Å². The zero-order chi connectivity index (χ0) is 7.56. The highest BCUT2D eigenvalue weighted by Crippen LogP contribution is 2.08. The normalized spacial score (nSPS) is 10.4. The number of hydrogen-bond donors (Lipinski definition) is 0. The van der Waals surface area contributed by atoms with Crippen LogP contribution in [0.2, 0.25) is 0 Å². The molecule has 1 rings (SSSR count). The topological polar surface area (TPSA) is 25.8 Å². The Balaban J connectivity index is 2.96. The third-order valence-corrected chi connectivity index (χ3v) is 1.37. The van der Waals surface area contributed by atoms with Gasteiger partial charge in [-0.1, -0.05) is 13.8 Å². The van der Waals surface area contributed by atoms with Gasteiger partial charge in [-0.3, -0.25) is 9.97 Å². The zero-order valence-electron chi connectivity index (χ0n) is 6.63. The van der Waals surface area contributed by atoms with Gasteiger partial charge in [0.05, 0.1) is 11.4 Å². The highest BCUT2D eigenvalue weighted by molar-refractivity contribution is 5.04.